The molecule has 0 aliphatic carbocycles. The number of halogens is 1. The van der Waals surface area contributed by atoms with Crippen LogP contribution in [-0.4, -0.2) is 15.2 Å². The third-order valence-electron chi connectivity index (χ3n) is 2.65. The zero-order valence-corrected chi connectivity index (χ0v) is 10.8. The molecule has 5 nitrogen and oxygen atoms in total. The lowest BCUT2D eigenvalue weighted by molar-refractivity contribution is 0.542. The van der Waals surface area contributed by atoms with E-state index in [1.54, 1.807) is 18.7 Å². The van der Waals surface area contributed by atoms with E-state index in [1.807, 2.05) is 18.2 Å². The number of hydrogen-bond acceptors (Lipinski definition) is 4. The SMILES string of the molecule is Nc1n[nH]c(-c2ccoc2Br)c1-c1ccncc1. The molecule has 0 radical (unpaired) electrons. The van der Waals surface area contributed by atoms with Crippen molar-refractivity contribution in [2.75, 3.05) is 5.73 Å². The lowest BCUT2D eigenvalue weighted by Gasteiger charge is -2.02. The summed E-state index contributed by atoms with van der Waals surface area (Å²) in [6.07, 6.45) is 5.04. The van der Waals surface area contributed by atoms with Crippen molar-refractivity contribution in [2.24, 2.45) is 0 Å². The quantitative estimate of drug-likeness (QED) is 0.762. The molecule has 6 heteroatoms. The molecule has 3 heterocycles. The Bertz CT molecular complexity index is 674. The van der Waals surface area contributed by atoms with E-state index in [0.717, 1.165) is 22.4 Å². The number of nitrogens with one attached hydrogen (secondary N) is 1. The Kier molecular flexibility index (Phi) is 2.64. The number of pyridine rings is 1. The van der Waals surface area contributed by atoms with E-state index in [1.165, 1.54) is 0 Å². The van der Waals surface area contributed by atoms with E-state index in [0.29, 0.717) is 10.5 Å². The van der Waals surface area contributed by atoms with Gasteiger partial charge in [0, 0.05) is 12.4 Å². The van der Waals surface area contributed by atoms with Crippen LogP contribution in [0.15, 0.2) is 45.9 Å². The third kappa shape index (κ3) is 1.70. The minimum absolute atomic E-state index is 0.448. The Morgan fingerprint density at radius 3 is 2.67 bits per heavy atom. The number of H-pyrrole nitrogens is 1. The van der Waals surface area contributed by atoms with Crippen LogP contribution in [0.4, 0.5) is 5.82 Å². The molecule has 3 aromatic heterocycles. The van der Waals surface area contributed by atoms with Gasteiger partial charge in [0.15, 0.2) is 10.5 Å². The largest absolute Gasteiger partial charge is 0.457 e. The molecule has 0 amide bonds. The van der Waals surface area contributed by atoms with Gasteiger partial charge in [-0.2, -0.15) is 5.10 Å². The molecular formula is C12H9BrN4O. The molecule has 3 N–H and O–H groups in total. The van der Waals surface area contributed by atoms with E-state index in [2.05, 4.69) is 31.1 Å². The van der Waals surface area contributed by atoms with Crippen LogP contribution in [0.1, 0.15) is 0 Å². The number of furan rings is 1. The highest BCUT2D eigenvalue weighted by molar-refractivity contribution is 9.10. The van der Waals surface area contributed by atoms with Gasteiger partial charge in [0.2, 0.25) is 0 Å². The van der Waals surface area contributed by atoms with Crippen LogP contribution in [0, 0.1) is 0 Å². The van der Waals surface area contributed by atoms with E-state index in [4.69, 9.17) is 10.2 Å². The Morgan fingerprint density at radius 2 is 2.00 bits per heavy atom. The molecule has 0 spiro atoms. The van der Waals surface area contributed by atoms with Crippen molar-refractivity contribution in [3.05, 3.63) is 41.5 Å². The van der Waals surface area contributed by atoms with Crippen molar-refractivity contribution in [3.8, 4) is 22.4 Å². The first-order chi connectivity index (χ1) is 8.77. The fourth-order valence-corrected chi connectivity index (χ4v) is 2.27. The van der Waals surface area contributed by atoms with Gasteiger partial charge in [0.25, 0.3) is 0 Å². The van der Waals surface area contributed by atoms with Gasteiger partial charge >= 0.3 is 0 Å². The Labute approximate surface area is 111 Å². The normalized spacial score (nSPS) is 10.7. The van der Waals surface area contributed by atoms with Gasteiger partial charge in [-0.1, -0.05) is 0 Å². The second-order valence-corrected chi connectivity index (χ2v) is 4.42. The van der Waals surface area contributed by atoms with Crippen LogP contribution < -0.4 is 5.73 Å². The highest BCUT2D eigenvalue weighted by Crippen LogP contribution is 2.37. The molecule has 3 rings (SSSR count). The maximum absolute atomic E-state index is 5.92. The third-order valence-corrected chi connectivity index (χ3v) is 3.26. The highest BCUT2D eigenvalue weighted by atomic mass is 79.9. The molecule has 3 aromatic rings. The number of nitrogens with zero attached hydrogens (tertiary/aromatic N) is 2. The van der Waals surface area contributed by atoms with Crippen LogP contribution in [0.5, 0.6) is 0 Å². The van der Waals surface area contributed by atoms with Crippen LogP contribution in [0.25, 0.3) is 22.4 Å². The van der Waals surface area contributed by atoms with Crippen molar-refractivity contribution < 1.29 is 4.42 Å². The van der Waals surface area contributed by atoms with Gasteiger partial charge in [-0.05, 0) is 39.7 Å². The number of anilines is 1. The first kappa shape index (κ1) is 11.0. The molecule has 0 saturated carbocycles. The zero-order valence-electron chi connectivity index (χ0n) is 9.22. The van der Waals surface area contributed by atoms with Gasteiger partial charge in [-0.15, -0.1) is 0 Å². The molecule has 18 heavy (non-hydrogen) atoms. The van der Waals surface area contributed by atoms with Gasteiger partial charge in [-0.25, -0.2) is 0 Å². The molecule has 0 aromatic carbocycles. The summed E-state index contributed by atoms with van der Waals surface area (Å²) < 4.78 is 5.87. The van der Waals surface area contributed by atoms with Gasteiger partial charge in [0.05, 0.1) is 23.1 Å². The Hall–Kier alpha value is -2.08. The average molecular weight is 305 g/mol. The Morgan fingerprint density at radius 1 is 1.22 bits per heavy atom. The summed E-state index contributed by atoms with van der Waals surface area (Å²) in [5, 5.41) is 6.99. The highest BCUT2D eigenvalue weighted by Gasteiger charge is 2.17. The summed E-state index contributed by atoms with van der Waals surface area (Å²) in [5.74, 6) is 0.448. The fraction of sp³-hybridized carbons (Fsp3) is 0. The van der Waals surface area contributed by atoms with Crippen molar-refractivity contribution in [2.45, 2.75) is 0 Å². The smallest absolute Gasteiger partial charge is 0.178 e. The first-order valence-corrected chi connectivity index (χ1v) is 6.04. The number of nitrogen functional groups attached to an aromatic ring is 1. The predicted octanol–water partition coefficient (Wildman–Crippen LogP) is 3.08. The summed E-state index contributed by atoms with van der Waals surface area (Å²) >= 11 is 3.35. The maximum atomic E-state index is 5.92. The number of aromatic nitrogens is 3. The molecule has 0 bridgehead atoms. The van der Waals surface area contributed by atoms with Crippen LogP contribution >= 0.6 is 15.9 Å². The second-order valence-electron chi connectivity index (χ2n) is 3.70. The lowest BCUT2D eigenvalue weighted by Crippen LogP contribution is -1.88. The summed E-state index contributed by atoms with van der Waals surface area (Å²) in [5.41, 5.74) is 9.42. The number of nitrogens with two attached hydrogens (primary N) is 1. The van der Waals surface area contributed by atoms with Crippen LogP contribution in [0.2, 0.25) is 0 Å². The van der Waals surface area contributed by atoms with Crippen molar-refractivity contribution >= 4 is 21.7 Å². The summed E-state index contributed by atoms with van der Waals surface area (Å²) in [7, 11) is 0. The van der Waals surface area contributed by atoms with E-state index in [-0.39, 0.29) is 0 Å². The lowest BCUT2D eigenvalue weighted by atomic mass is 10.0. The fourth-order valence-electron chi connectivity index (χ4n) is 1.83. The number of hydrogen-bond donors (Lipinski definition) is 2. The topological polar surface area (TPSA) is 80.7 Å². The predicted molar refractivity (Wildman–Crippen MR) is 71.6 cm³/mol. The van der Waals surface area contributed by atoms with Gasteiger partial charge < -0.3 is 10.2 Å². The zero-order chi connectivity index (χ0) is 12.5. The minimum Gasteiger partial charge on any atom is -0.457 e. The average Bonchev–Trinajstić information content (AvgIpc) is 2.96. The van der Waals surface area contributed by atoms with E-state index < -0.39 is 0 Å². The minimum atomic E-state index is 0.448. The monoisotopic (exact) mass is 304 g/mol. The molecule has 0 unspecified atom stereocenters. The first-order valence-electron chi connectivity index (χ1n) is 5.25. The summed E-state index contributed by atoms with van der Waals surface area (Å²) in [6, 6.07) is 5.62. The molecule has 90 valence electrons. The van der Waals surface area contributed by atoms with Gasteiger partial charge in [-0.3, -0.25) is 10.1 Å². The summed E-state index contributed by atoms with van der Waals surface area (Å²) in [6.45, 7) is 0. The van der Waals surface area contributed by atoms with E-state index >= 15 is 0 Å². The number of aromatic amines is 1. The molecule has 0 fully saturated rings. The maximum Gasteiger partial charge on any atom is 0.178 e. The van der Waals surface area contributed by atoms with Crippen molar-refractivity contribution in [3.63, 3.8) is 0 Å². The summed E-state index contributed by atoms with van der Waals surface area (Å²) in [4.78, 5) is 4.00. The number of rotatable bonds is 2. The molecule has 0 saturated heterocycles. The second kappa shape index (κ2) is 4.30. The van der Waals surface area contributed by atoms with Crippen molar-refractivity contribution in [1.82, 2.24) is 15.2 Å². The molecule has 0 atom stereocenters. The molecule has 0 aliphatic rings. The van der Waals surface area contributed by atoms with Crippen LogP contribution in [-0.2, 0) is 0 Å². The molecule has 0 aliphatic heterocycles. The van der Waals surface area contributed by atoms with Crippen LogP contribution in [0.3, 0.4) is 0 Å². The van der Waals surface area contributed by atoms with Gasteiger partial charge in [0.1, 0.15) is 0 Å². The van der Waals surface area contributed by atoms with Crippen molar-refractivity contribution in [1.29, 1.82) is 0 Å². The van der Waals surface area contributed by atoms with E-state index in [9.17, 15) is 0 Å². The standard InChI is InChI=1S/C12H9BrN4O/c13-11-8(3-6-18-11)10-9(12(14)17-16-10)7-1-4-15-5-2-7/h1-6H,(H3,14,16,17). The molecular weight excluding hydrogens is 296 g/mol. The Balaban J connectivity index is 2.22.